The largest absolute Gasteiger partial charge is 0.306 e. The van der Waals surface area contributed by atoms with Gasteiger partial charge in [0.05, 0.1) is 0 Å². The number of Topliss-reactive ketones (excluding diaryl/α,β-unsaturated/α-hetero) is 1. The summed E-state index contributed by atoms with van der Waals surface area (Å²) < 4.78 is 2.16. The van der Waals surface area contributed by atoms with Crippen molar-refractivity contribution in [3.8, 4) is 0 Å². The molecular formula is C14H16N4OS. The molecule has 0 atom stereocenters. The molecule has 0 saturated carbocycles. The Balaban J connectivity index is 1.92. The summed E-state index contributed by atoms with van der Waals surface area (Å²) in [5.74, 6) is 1.07. The van der Waals surface area contributed by atoms with Gasteiger partial charge >= 0.3 is 0 Å². The number of pyridine rings is 1. The van der Waals surface area contributed by atoms with Crippen molar-refractivity contribution >= 4 is 17.5 Å². The number of fused-ring (bicyclic) bond motifs is 1. The van der Waals surface area contributed by atoms with E-state index < -0.39 is 0 Å². The number of hydrogen-bond donors (Lipinski definition) is 0. The Morgan fingerprint density at radius 3 is 3.05 bits per heavy atom. The zero-order valence-corrected chi connectivity index (χ0v) is 12.2. The Bertz CT molecular complexity index is 638. The minimum absolute atomic E-state index is 0.0243. The number of hydrogen-bond acceptors (Lipinski definition) is 5. The summed E-state index contributed by atoms with van der Waals surface area (Å²) >= 11 is 1.43. The van der Waals surface area contributed by atoms with E-state index in [0.717, 1.165) is 30.4 Å². The predicted octanol–water partition coefficient (Wildman–Crippen LogP) is 2.75. The fourth-order valence-electron chi connectivity index (χ4n) is 2.36. The van der Waals surface area contributed by atoms with Crippen molar-refractivity contribution < 1.29 is 4.79 Å². The van der Waals surface area contributed by atoms with E-state index in [1.807, 2.05) is 0 Å². The van der Waals surface area contributed by atoms with Crippen molar-refractivity contribution in [3.63, 3.8) is 0 Å². The topological polar surface area (TPSA) is 60.7 Å². The van der Waals surface area contributed by atoms with E-state index in [2.05, 4.69) is 19.7 Å². The minimum atomic E-state index is 0.0243. The molecule has 3 heterocycles. The van der Waals surface area contributed by atoms with Crippen molar-refractivity contribution in [2.45, 2.75) is 49.3 Å². The third-order valence-electron chi connectivity index (χ3n) is 3.41. The van der Waals surface area contributed by atoms with Crippen LogP contribution in [0.15, 0.2) is 28.5 Å². The van der Waals surface area contributed by atoms with E-state index in [1.165, 1.54) is 24.6 Å². The van der Waals surface area contributed by atoms with Gasteiger partial charge in [-0.15, -0.1) is 10.2 Å². The van der Waals surface area contributed by atoms with Crippen LogP contribution < -0.4 is 0 Å². The van der Waals surface area contributed by atoms with E-state index in [1.54, 1.807) is 25.3 Å². The van der Waals surface area contributed by atoms with E-state index in [9.17, 15) is 4.79 Å². The molecule has 2 aromatic rings. The maximum absolute atomic E-state index is 11.6. The fourth-order valence-corrected chi connectivity index (χ4v) is 3.36. The molecule has 0 radical (unpaired) electrons. The van der Waals surface area contributed by atoms with Crippen molar-refractivity contribution in [2.75, 3.05) is 0 Å². The van der Waals surface area contributed by atoms with E-state index >= 15 is 0 Å². The summed E-state index contributed by atoms with van der Waals surface area (Å²) in [6.45, 7) is 2.51. The first kappa shape index (κ1) is 13.3. The van der Waals surface area contributed by atoms with E-state index in [0.29, 0.717) is 10.6 Å². The van der Waals surface area contributed by atoms with E-state index in [4.69, 9.17) is 0 Å². The van der Waals surface area contributed by atoms with Crippen LogP contribution in [0.1, 0.15) is 42.4 Å². The average molecular weight is 288 g/mol. The lowest BCUT2D eigenvalue weighted by Gasteiger charge is -2.07. The molecule has 0 amide bonds. The number of carbonyl (C=O) groups is 1. The summed E-state index contributed by atoms with van der Waals surface area (Å²) in [6.07, 6.45) is 6.24. The van der Waals surface area contributed by atoms with Crippen molar-refractivity contribution in [1.29, 1.82) is 0 Å². The maximum atomic E-state index is 11.6. The second-order valence-electron chi connectivity index (χ2n) is 4.88. The first-order valence-electron chi connectivity index (χ1n) is 6.81. The number of rotatable bonds is 3. The van der Waals surface area contributed by atoms with Crippen molar-refractivity contribution in [1.82, 2.24) is 19.7 Å². The molecule has 0 spiro atoms. The van der Waals surface area contributed by atoms with E-state index in [-0.39, 0.29) is 5.78 Å². The highest BCUT2D eigenvalue weighted by atomic mass is 32.2. The van der Waals surface area contributed by atoms with Gasteiger partial charge in [-0.25, -0.2) is 4.98 Å². The average Bonchev–Trinajstić information content (AvgIpc) is 2.68. The standard InChI is InChI=1S/C14H16N4OS/c1-10(19)11-6-5-8-15-13(11)20-14-17-16-12-7-3-2-4-9-18(12)14/h5-6,8H,2-4,7,9H2,1H3. The van der Waals surface area contributed by atoms with Crippen LogP contribution in [0, 0.1) is 0 Å². The van der Waals surface area contributed by atoms with Gasteiger partial charge in [0.15, 0.2) is 10.9 Å². The third kappa shape index (κ3) is 2.60. The van der Waals surface area contributed by atoms with Gasteiger partial charge in [-0.05, 0) is 43.7 Å². The molecular weight excluding hydrogens is 272 g/mol. The Kier molecular flexibility index (Phi) is 3.82. The summed E-state index contributed by atoms with van der Waals surface area (Å²) in [6, 6.07) is 3.59. The molecule has 0 unspecified atom stereocenters. The Morgan fingerprint density at radius 2 is 2.20 bits per heavy atom. The molecule has 0 fully saturated rings. The second kappa shape index (κ2) is 5.75. The van der Waals surface area contributed by atoms with Crippen LogP contribution >= 0.6 is 11.8 Å². The molecule has 20 heavy (non-hydrogen) atoms. The van der Waals surface area contributed by atoms with Crippen LogP contribution in [0.2, 0.25) is 0 Å². The number of aryl methyl sites for hydroxylation is 1. The Labute approximate surface area is 121 Å². The molecule has 0 aliphatic carbocycles. The molecule has 6 heteroatoms. The predicted molar refractivity (Wildman–Crippen MR) is 75.9 cm³/mol. The smallest absolute Gasteiger partial charge is 0.197 e. The molecule has 1 aliphatic heterocycles. The molecule has 0 N–H and O–H groups in total. The highest BCUT2D eigenvalue weighted by molar-refractivity contribution is 7.99. The van der Waals surface area contributed by atoms with Crippen molar-refractivity contribution in [2.24, 2.45) is 0 Å². The van der Waals surface area contributed by atoms with Crippen LogP contribution in [0.3, 0.4) is 0 Å². The van der Waals surface area contributed by atoms with Gasteiger partial charge in [0.1, 0.15) is 10.9 Å². The molecule has 5 nitrogen and oxygen atoms in total. The highest BCUT2D eigenvalue weighted by Crippen LogP contribution is 2.29. The molecule has 0 saturated heterocycles. The van der Waals surface area contributed by atoms with Gasteiger partial charge in [-0.3, -0.25) is 4.79 Å². The molecule has 0 bridgehead atoms. The lowest BCUT2D eigenvalue weighted by atomic mass is 10.2. The SMILES string of the molecule is CC(=O)c1cccnc1Sc1nnc2n1CCCCC2. The number of aromatic nitrogens is 4. The third-order valence-corrected chi connectivity index (χ3v) is 4.42. The molecule has 3 rings (SSSR count). The maximum Gasteiger partial charge on any atom is 0.197 e. The number of ketones is 1. The van der Waals surface area contributed by atoms with Crippen LogP contribution in [-0.4, -0.2) is 25.5 Å². The van der Waals surface area contributed by atoms with Gasteiger partial charge in [-0.2, -0.15) is 0 Å². The molecule has 2 aromatic heterocycles. The molecule has 1 aliphatic rings. The van der Waals surface area contributed by atoms with Crippen molar-refractivity contribution in [3.05, 3.63) is 29.7 Å². The fraction of sp³-hybridized carbons (Fsp3) is 0.429. The summed E-state index contributed by atoms with van der Waals surface area (Å²) in [7, 11) is 0. The van der Waals surface area contributed by atoms with Gasteiger partial charge < -0.3 is 4.57 Å². The summed E-state index contributed by atoms with van der Waals surface area (Å²) in [5.41, 5.74) is 0.642. The van der Waals surface area contributed by atoms with Gasteiger partial charge in [0, 0.05) is 24.7 Å². The lowest BCUT2D eigenvalue weighted by molar-refractivity contribution is 0.101. The zero-order chi connectivity index (χ0) is 13.9. The number of carbonyl (C=O) groups excluding carboxylic acids is 1. The number of nitrogens with zero attached hydrogens (tertiary/aromatic N) is 4. The Hall–Kier alpha value is -1.69. The lowest BCUT2D eigenvalue weighted by Crippen LogP contribution is -2.03. The first-order chi connectivity index (χ1) is 9.75. The minimum Gasteiger partial charge on any atom is -0.306 e. The first-order valence-corrected chi connectivity index (χ1v) is 7.63. The van der Waals surface area contributed by atoms with Gasteiger partial charge in [0.25, 0.3) is 0 Å². The Morgan fingerprint density at radius 1 is 1.30 bits per heavy atom. The van der Waals surface area contributed by atoms with Crippen LogP contribution in [0.25, 0.3) is 0 Å². The monoisotopic (exact) mass is 288 g/mol. The summed E-state index contributed by atoms with van der Waals surface area (Å²) in [4.78, 5) is 16.0. The summed E-state index contributed by atoms with van der Waals surface area (Å²) in [5, 5.41) is 10.1. The zero-order valence-electron chi connectivity index (χ0n) is 11.4. The highest BCUT2D eigenvalue weighted by Gasteiger charge is 2.18. The van der Waals surface area contributed by atoms with Gasteiger partial charge in [-0.1, -0.05) is 6.42 Å². The molecule has 0 aromatic carbocycles. The quantitative estimate of drug-likeness (QED) is 0.813. The van der Waals surface area contributed by atoms with Gasteiger partial charge in [0.2, 0.25) is 0 Å². The van der Waals surface area contributed by atoms with Crippen LogP contribution in [0.4, 0.5) is 0 Å². The van der Waals surface area contributed by atoms with Crippen LogP contribution in [-0.2, 0) is 13.0 Å². The normalized spacial score (nSPS) is 14.7. The van der Waals surface area contributed by atoms with Crippen LogP contribution in [0.5, 0.6) is 0 Å². The molecule has 104 valence electrons. The second-order valence-corrected chi connectivity index (χ2v) is 5.83.